The smallest absolute Gasteiger partial charge is 0.0659 e. The van der Waals surface area contributed by atoms with Crippen molar-refractivity contribution >= 4 is 14.7 Å². The van der Waals surface area contributed by atoms with Crippen LogP contribution in [0.5, 0.6) is 0 Å². The van der Waals surface area contributed by atoms with E-state index in [9.17, 15) is 0 Å². The summed E-state index contributed by atoms with van der Waals surface area (Å²) in [4.78, 5) is 0. The van der Waals surface area contributed by atoms with Crippen LogP contribution >= 0.6 is 0 Å². The molecule has 0 nitrogen and oxygen atoms in total. The molecule has 0 N–H and O–H groups in total. The number of benzene rings is 2. The maximum Gasteiger partial charge on any atom is 0.0662 e. The van der Waals surface area contributed by atoms with Gasteiger partial charge in [0.2, 0.25) is 0 Å². The molecule has 0 aliphatic carbocycles. The van der Waals surface area contributed by atoms with Crippen LogP contribution in [0.4, 0.5) is 0 Å². The van der Waals surface area contributed by atoms with Gasteiger partial charge in [-0.3, -0.25) is 0 Å². The van der Waals surface area contributed by atoms with Gasteiger partial charge in [0.25, 0.3) is 0 Å². The predicted octanol–water partition coefficient (Wildman–Crippen LogP) is 4.63. The summed E-state index contributed by atoms with van der Waals surface area (Å²) >= 11 is 0. The van der Waals surface area contributed by atoms with E-state index in [1.54, 1.807) is 10.8 Å². The minimum absolute atomic E-state index is 0.350. The van der Waals surface area contributed by atoms with E-state index in [1.807, 2.05) is 0 Å². The molecule has 0 aromatic heterocycles. The first-order valence-electron chi connectivity index (χ1n) is 8.66. The van der Waals surface area contributed by atoms with E-state index in [-0.39, 0.29) is 9.52 Å². The van der Waals surface area contributed by atoms with E-state index in [4.69, 9.17) is 0 Å². The van der Waals surface area contributed by atoms with Gasteiger partial charge in [-0.1, -0.05) is 87.0 Å². The van der Waals surface area contributed by atoms with E-state index in [0.717, 1.165) is 0 Å². The molecule has 0 radical (unpaired) electrons. The van der Waals surface area contributed by atoms with Crippen LogP contribution in [0.15, 0.2) is 48.5 Å². The quantitative estimate of drug-likeness (QED) is 0.683. The molecule has 0 fully saturated rings. The Bertz CT molecular complexity index is 574. The van der Waals surface area contributed by atoms with Gasteiger partial charge in [-0.2, -0.15) is 0 Å². The molecule has 0 heterocycles. The average Bonchev–Trinajstić information content (AvgIpc) is 2.55. The van der Waals surface area contributed by atoms with Crippen molar-refractivity contribution in [2.24, 2.45) is 0 Å². The lowest BCUT2D eigenvalue weighted by Gasteiger charge is -2.32. The van der Waals surface area contributed by atoms with Crippen molar-refractivity contribution in [3.63, 3.8) is 0 Å². The summed E-state index contributed by atoms with van der Waals surface area (Å²) in [6.07, 6.45) is 2.48. The summed E-state index contributed by atoms with van der Waals surface area (Å²) < 4.78 is 0. The highest BCUT2D eigenvalue weighted by Gasteiger charge is 2.29. The highest BCUT2D eigenvalue weighted by atomic mass is 28.2. The summed E-state index contributed by atoms with van der Waals surface area (Å²) in [5, 5.41) is 1.98. The zero-order valence-electron chi connectivity index (χ0n) is 14.8. The molecular weight excluding hydrogens is 280 g/mol. The fourth-order valence-corrected chi connectivity index (χ4v) is 5.52. The molecule has 0 bridgehead atoms. The Kier molecular flexibility index (Phi) is 5.63. The van der Waals surface area contributed by atoms with Crippen molar-refractivity contribution in [2.75, 3.05) is 0 Å². The zero-order valence-corrected chi connectivity index (χ0v) is 16.2. The Morgan fingerprint density at radius 1 is 0.864 bits per heavy atom. The summed E-state index contributed by atoms with van der Waals surface area (Å²) in [6, 6.07) is 18.7. The van der Waals surface area contributed by atoms with E-state index < -0.39 is 0 Å². The molecule has 0 aliphatic rings. The predicted molar refractivity (Wildman–Crippen MR) is 102 cm³/mol. The van der Waals surface area contributed by atoms with Crippen LogP contribution < -0.4 is 5.19 Å². The largest absolute Gasteiger partial charge is 0.0662 e. The SMILES string of the molecule is CCC(CC)([SiH2]c1ccc(C)cc1)c1ccc(C(C)C)cc1. The average molecular weight is 311 g/mol. The zero-order chi connectivity index (χ0) is 16.2. The molecule has 2 rings (SSSR count). The standard InChI is InChI=1S/C21H30Si/c1-6-21(7-2,22-20-14-8-17(5)9-15-20)19-12-10-18(11-13-19)16(3)4/h8-16H,6-7,22H2,1-5H3. The van der Waals surface area contributed by atoms with Crippen LogP contribution in [0.1, 0.15) is 63.1 Å². The highest BCUT2D eigenvalue weighted by molar-refractivity contribution is 6.56. The molecule has 0 amide bonds. The molecule has 22 heavy (non-hydrogen) atoms. The van der Waals surface area contributed by atoms with Crippen molar-refractivity contribution < 1.29 is 0 Å². The lowest BCUT2D eigenvalue weighted by molar-refractivity contribution is 0.559. The summed E-state index contributed by atoms with van der Waals surface area (Å²) in [5.41, 5.74) is 4.36. The molecule has 2 aromatic carbocycles. The molecule has 0 atom stereocenters. The maximum atomic E-state index is 2.39. The first-order valence-corrected chi connectivity index (χ1v) is 10.1. The van der Waals surface area contributed by atoms with Crippen LogP contribution in [0, 0.1) is 6.92 Å². The van der Waals surface area contributed by atoms with E-state index in [2.05, 4.69) is 83.1 Å². The second-order valence-electron chi connectivity index (χ2n) is 6.93. The van der Waals surface area contributed by atoms with Gasteiger partial charge in [-0.25, -0.2) is 0 Å². The Balaban J connectivity index is 2.32. The third-order valence-corrected chi connectivity index (χ3v) is 8.17. The maximum absolute atomic E-state index is 2.39. The summed E-state index contributed by atoms with van der Waals surface area (Å²) in [5.74, 6) is 0.612. The topological polar surface area (TPSA) is 0 Å². The van der Waals surface area contributed by atoms with Crippen molar-refractivity contribution in [3.8, 4) is 0 Å². The number of hydrogen-bond donors (Lipinski definition) is 0. The van der Waals surface area contributed by atoms with Gasteiger partial charge in [0, 0.05) is 0 Å². The van der Waals surface area contributed by atoms with Crippen LogP contribution in [-0.2, 0) is 5.04 Å². The Hall–Kier alpha value is -1.34. The highest BCUT2D eigenvalue weighted by Crippen LogP contribution is 2.31. The van der Waals surface area contributed by atoms with Crippen molar-refractivity contribution in [2.45, 2.75) is 58.4 Å². The summed E-state index contributed by atoms with van der Waals surface area (Å²) in [6.45, 7) is 11.4. The third-order valence-electron chi connectivity index (χ3n) is 5.21. The minimum Gasteiger partial charge on any atom is -0.0659 e. The number of rotatable bonds is 6. The van der Waals surface area contributed by atoms with Gasteiger partial charge in [-0.05, 0) is 41.8 Å². The van der Waals surface area contributed by atoms with Gasteiger partial charge in [0.1, 0.15) is 0 Å². The number of hydrogen-bond acceptors (Lipinski definition) is 0. The fraction of sp³-hybridized carbons (Fsp3) is 0.429. The van der Waals surface area contributed by atoms with Gasteiger partial charge < -0.3 is 0 Å². The van der Waals surface area contributed by atoms with Gasteiger partial charge >= 0.3 is 0 Å². The normalized spacial score (nSPS) is 12.5. The molecule has 118 valence electrons. The molecule has 2 aromatic rings. The Labute approximate surface area is 138 Å². The van der Waals surface area contributed by atoms with E-state index in [1.165, 1.54) is 24.0 Å². The molecule has 0 spiro atoms. The lowest BCUT2D eigenvalue weighted by atomic mass is 9.90. The van der Waals surface area contributed by atoms with Gasteiger partial charge in [0.05, 0.1) is 9.52 Å². The Morgan fingerprint density at radius 2 is 1.41 bits per heavy atom. The van der Waals surface area contributed by atoms with Crippen molar-refractivity contribution in [3.05, 3.63) is 65.2 Å². The second kappa shape index (κ2) is 7.28. The molecule has 1 heteroatoms. The molecule has 0 unspecified atom stereocenters. The second-order valence-corrected chi connectivity index (χ2v) is 9.45. The van der Waals surface area contributed by atoms with Crippen LogP contribution in [0.25, 0.3) is 0 Å². The van der Waals surface area contributed by atoms with Crippen LogP contribution in [-0.4, -0.2) is 9.52 Å². The van der Waals surface area contributed by atoms with Crippen molar-refractivity contribution in [1.82, 2.24) is 0 Å². The first kappa shape index (κ1) is 17.0. The summed E-state index contributed by atoms with van der Waals surface area (Å²) in [7, 11) is -0.350. The molecule has 0 saturated carbocycles. The van der Waals surface area contributed by atoms with Gasteiger partial charge in [0.15, 0.2) is 0 Å². The first-order chi connectivity index (χ1) is 10.5. The molecular formula is C21H30Si. The minimum atomic E-state index is -0.350. The molecule has 0 saturated heterocycles. The van der Waals surface area contributed by atoms with E-state index in [0.29, 0.717) is 11.0 Å². The third kappa shape index (κ3) is 3.70. The van der Waals surface area contributed by atoms with Crippen LogP contribution in [0.3, 0.4) is 0 Å². The number of aryl methyl sites for hydroxylation is 1. The Morgan fingerprint density at radius 3 is 1.86 bits per heavy atom. The molecule has 0 aliphatic heterocycles. The monoisotopic (exact) mass is 310 g/mol. The fourth-order valence-electron chi connectivity index (χ4n) is 3.33. The van der Waals surface area contributed by atoms with Crippen molar-refractivity contribution in [1.29, 1.82) is 0 Å². The van der Waals surface area contributed by atoms with E-state index >= 15 is 0 Å². The van der Waals surface area contributed by atoms with Gasteiger partial charge in [-0.15, -0.1) is 0 Å². The van der Waals surface area contributed by atoms with Crippen LogP contribution in [0.2, 0.25) is 0 Å². The lowest BCUT2D eigenvalue weighted by Crippen LogP contribution is -2.39.